The molecule has 0 bridgehead atoms. The molecular weight excluding hydrogens is 284 g/mol. The number of ketones is 1. The molecule has 0 aromatic heterocycles. The fraction of sp³-hybridized carbons (Fsp3) is 0. The Morgan fingerprint density at radius 2 is 1.65 bits per heavy atom. The zero-order valence-corrected chi connectivity index (χ0v) is 10.3. The minimum atomic E-state index is -0.328. The molecule has 0 atom stereocenters. The van der Waals surface area contributed by atoms with Crippen LogP contribution in [-0.4, -0.2) is 16.0 Å². The Morgan fingerprint density at radius 3 is 2.29 bits per heavy atom. The molecule has 4 heteroatoms. The first kappa shape index (κ1) is 11.7. The van der Waals surface area contributed by atoms with Gasteiger partial charge in [0.25, 0.3) is 0 Å². The van der Waals surface area contributed by atoms with Gasteiger partial charge in [0.05, 0.1) is 5.56 Å². The zero-order chi connectivity index (χ0) is 12.4. The number of hydrogen-bond acceptors (Lipinski definition) is 3. The second-order valence-electron chi connectivity index (χ2n) is 3.54. The largest absolute Gasteiger partial charge is 0.508 e. The number of benzene rings is 2. The van der Waals surface area contributed by atoms with Crippen LogP contribution in [0.1, 0.15) is 15.9 Å². The summed E-state index contributed by atoms with van der Waals surface area (Å²) in [5.41, 5.74) is 0.543. The molecule has 0 heterocycles. The van der Waals surface area contributed by atoms with Crippen LogP contribution in [0.15, 0.2) is 46.9 Å². The van der Waals surface area contributed by atoms with Gasteiger partial charge >= 0.3 is 0 Å². The van der Waals surface area contributed by atoms with Gasteiger partial charge in [-0.2, -0.15) is 0 Å². The maximum Gasteiger partial charge on any atom is 0.196 e. The smallest absolute Gasteiger partial charge is 0.196 e. The topological polar surface area (TPSA) is 57.5 Å². The number of halogens is 1. The lowest BCUT2D eigenvalue weighted by atomic mass is 10.0. The number of rotatable bonds is 2. The summed E-state index contributed by atoms with van der Waals surface area (Å²) in [6.07, 6.45) is 0. The van der Waals surface area contributed by atoms with Crippen molar-refractivity contribution in [2.24, 2.45) is 0 Å². The van der Waals surface area contributed by atoms with E-state index < -0.39 is 0 Å². The number of phenolic OH excluding ortho intramolecular Hbond substituents is 2. The molecule has 0 saturated carbocycles. The van der Waals surface area contributed by atoms with E-state index in [1.165, 1.54) is 18.2 Å². The lowest BCUT2D eigenvalue weighted by Crippen LogP contribution is -2.01. The lowest BCUT2D eigenvalue weighted by molar-refractivity contribution is 0.103. The van der Waals surface area contributed by atoms with E-state index in [9.17, 15) is 15.0 Å². The molecule has 3 nitrogen and oxygen atoms in total. The van der Waals surface area contributed by atoms with Crippen LogP contribution >= 0.6 is 15.9 Å². The average Bonchev–Trinajstić information content (AvgIpc) is 2.32. The fourth-order valence-corrected chi connectivity index (χ4v) is 1.73. The predicted octanol–water partition coefficient (Wildman–Crippen LogP) is 3.09. The molecule has 0 saturated heterocycles. The molecular formula is C13H9BrO3. The van der Waals surface area contributed by atoms with Crippen LogP contribution in [0.5, 0.6) is 11.5 Å². The van der Waals surface area contributed by atoms with E-state index in [1.54, 1.807) is 24.3 Å². The Labute approximate surface area is 106 Å². The normalized spacial score (nSPS) is 10.2. The molecule has 2 rings (SSSR count). The Balaban J connectivity index is 2.43. The highest BCUT2D eigenvalue weighted by atomic mass is 79.9. The van der Waals surface area contributed by atoms with Crippen molar-refractivity contribution in [1.82, 2.24) is 0 Å². The molecule has 2 aromatic rings. The summed E-state index contributed by atoms with van der Waals surface area (Å²) in [6.45, 7) is 0. The van der Waals surface area contributed by atoms with E-state index in [4.69, 9.17) is 0 Å². The predicted molar refractivity (Wildman–Crippen MR) is 67.3 cm³/mol. The molecule has 0 spiro atoms. The van der Waals surface area contributed by atoms with Crippen LogP contribution in [0.25, 0.3) is 0 Å². The first-order valence-corrected chi connectivity index (χ1v) is 5.69. The Hall–Kier alpha value is -1.81. The van der Waals surface area contributed by atoms with Crippen LogP contribution in [0.4, 0.5) is 0 Å². The van der Waals surface area contributed by atoms with Gasteiger partial charge in [-0.25, -0.2) is 0 Å². The average molecular weight is 293 g/mol. The van der Waals surface area contributed by atoms with Gasteiger partial charge in [-0.1, -0.05) is 15.9 Å². The van der Waals surface area contributed by atoms with Crippen LogP contribution in [0.3, 0.4) is 0 Å². The molecule has 2 aromatic carbocycles. The van der Waals surface area contributed by atoms with Crippen molar-refractivity contribution in [2.45, 2.75) is 0 Å². The van der Waals surface area contributed by atoms with Crippen molar-refractivity contribution < 1.29 is 15.0 Å². The third-order valence-corrected chi connectivity index (χ3v) is 2.86. The van der Waals surface area contributed by atoms with E-state index in [-0.39, 0.29) is 22.8 Å². The molecule has 0 fully saturated rings. The Bertz CT molecular complexity index is 561. The summed E-state index contributed by atoms with van der Waals surface area (Å²) >= 11 is 3.28. The number of aromatic hydroxyl groups is 2. The van der Waals surface area contributed by atoms with Gasteiger partial charge in [0.1, 0.15) is 11.5 Å². The van der Waals surface area contributed by atoms with Crippen LogP contribution in [0, 0.1) is 0 Å². The number of carbonyl (C=O) groups is 1. The lowest BCUT2D eigenvalue weighted by Gasteiger charge is -2.04. The quantitative estimate of drug-likeness (QED) is 0.661. The molecule has 0 aliphatic rings. The molecule has 0 radical (unpaired) electrons. The van der Waals surface area contributed by atoms with Crippen molar-refractivity contribution in [3.63, 3.8) is 0 Å². The SMILES string of the molecule is O=C(c1ccc(Br)cc1)c1cc(O)ccc1O. The van der Waals surface area contributed by atoms with Crippen molar-refractivity contribution in [3.05, 3.63) is 58.1 Å². The highest BCUT2D eigenvalue weighted by Crippen LogP contribution is 2.25. The van der Waals surface area contributed by atoms with Gasteiger partial charge in [-0.05, 0) is 42.5 Å². The number of phenols is 2. The van der Waals surface area contributed by atoms with Gasteiger partial charge < -0.3 is 10.2 Å². The Morgan fingerprint density at radius 1 is 1.00 bits per heavy atom. The molecule has 17 heavy (non-hydrogen) atoms. The molecule has 0 aliphatic carbocycles. The molecule has 2 N–H and O–H groups in total. The van der Waals surface area contributed by atoms with E-state index >= 15 is 0 Å². The van der Waals surface area contributed by atoms with Crippen molar-refractivity contribution in [3.8, 4) is 11.5 Å². The third-order valence-electron chi connectivity index (χ3n) is 2.33. The van der Waals surface area contributed by atoms with E-state index in [0.717, 1.165) is 4.47 Å². The molecule has 86 valence electrons. The molecule has 0 aliphatic heterocycles. The second kappa shape index (κ2) is 4.59. The fourth-order valence-electron chi connectivity index (χ4n) is 1.46. The molecule has 0 unspecified atom stereocenters. The third kappa shape index (κ3) is 2.47. The summed E-state index contributed by atoms with van der Waals surface area (Å²) in [5.74, 6) is -0.523. The van der Waals surface area contributed by atoms with Gasteiger partial charge in [0, 0.05) is 10.0 Å². The van der Waals surface area contributed by atoms with Crippen LogP contribution in [-0.2, 0) is 0 Å². The molecule has 0 amide bonds. The minimum absolute atomic E-state index is 0.0525. The van der Waals surface area contributed by atoms with Gasteiger partial charge in [0.2, 0.25) is 0 Å². The first-order valence-electron chi connectivity index (χ1n) is 4.90. The summed E-state index contributed by atoms with van der Waals surface area (Å²) < 4.78 is 0.870. The monoisotopic (exact) mass is 292 g/mol. The van der Waals surface area contributed by atoms with Gasteiger partial charge in [-0.3, -0.25) is 4.79 Å². The highest BCUT2D eigenvalue weighted by Gasteiger charge is 2.13. The zero-order valence-electron chi connectivity index (χ0n) is 8.72. The van der Waals surface area contributed by atoms with Gasteiger partial charge in [0.15, 0.2) is 5.78 Å². The highest BCUT2D eigenvalue weighted by molar-refractivity contribution is 9.10. The van der Waals surface area contributed by atoms with E-state index in [2.05, 4.69) is 15.9 Å². The summed E-state index contributed by atoms with van der Waals surface area (Å²) in [6, 6.07) is 10.7. The van der Waals surface area contributed by atoms with Crippen molar-refractivity contribution in [2.75, 3.05) is 0 Å². The summed E-state index contributed by atoms with van der Waals surface area (Å²) in [4.78, 5) is 12.0. The summed E-state index contributed by atoms with van der Waals surface area (Å²) in [5, 5.41) is 18.9. The van der Waals surface area contributed by atoms with Crippen LogP contribution < -0.4 is 0 Å². The van der Waals surface area contributed by atoms with E-state index in [1.807, 2.05) is 0 Å². The van der Waals surface area contributed by atoms with Crippen molar-refractivity contribution in [1.29, 1.82) is 0 Å². The van der Waals surface area contributed by atoms with E-state index in [0.29, 0.717) is 5.56 Å². The number of hydrogen-bond donors (Lipinski definition) is 2. The number of carbonyl (C=O) groups excluding carboxylic acids is 1. The Kier molecular flexibility index (Phi) is 3.15. The standard InChI is InChI=1S/C13H9BrO3/c14-9-3-1-8(2-4-9)13(17)11-7-10(15)5-6-12(11)16/h1-7,15-16H. The van der Waals surface area contributed by atoms with Crippen molar-refractivity contribution >= 4 is 21.7 Å². The minimum Gasteiger partial charge on any atom is -0.508 e. The second-order valence-corrected chi connectivity index (χ2v) is 4.45. The van der Waals surface area contributed by atoms with Crippen LogP contribution in [0.2, 0.25) is 0 Å². The first-order chi connectivity index (χ1) is 8.08. The summed E-state index contributed by atoms with van der Waals surface area (Å²) in [7, 11) is 0. The maximum atomic E-state index is 12.0. The maximum absolute atomic E-state index is 12.0. The van der Waals surface area contributed by atoms with Gasteiger partial charge in [-0.15, -0.1) is 0 Å².